The lowest BCUT2D eigenvalue weighted by Gasteiger charge is -2.09. The topological polar surface area (TPSA) is 22.8 Å². The monoisotopic (exact) mass is 591 g/mol. The molecule has 3 nitrogen and oxygen atoms in total. The number of thiophene rings is 1. The van der Waals surface area contributed by atoms with Gasteiger partial charge in [0.25, 0.3) is 0 Å². The highest BCUT2D eigenvalue weighted by Crippen LogP contribution is 2.44. The van der Waals surface area contributed by atoms with Crippen molar-refractivity contribution in [2.75, 3.05) is 0 Å². The van der Waals surface area contributed by atoms with E-state index in [1.807, 2.05) is 17.4 Å². The third kappa shape index (κ3) is 3.54. The SMILES string of the molecule is c1ccc(-c2cccc(-n3c4ccccc4c4c5sc6ccc(-n7c8ccccc8c8ccccc87)cc6c5ccc43)n2)cc1. The molecule has 4 heteroatoms. The fourth-order valence-electron chi connectivity index (χ4n) is 7.18. The molecule has 0 unspecified atom stereocenters. The number of para-hydroxylation sites is 3. The van der Waals surface area contributed by atoms with Gasteiger partial charge in [0.1, 0.15) is 5.82 Å². The molecule has 0 radical (unpaired) electrons. The number of benzene rings is 6. The quantitative estimate of drug-likeness (QED) is 0.200. The molecule has 0 spiro atoms. The Morgan fingerprint density at radius 1 is 0.444 bits per heavy atom. The molecule has 10 aromatic rings. The lowest BCUT2D eigenvalue weighted by molar-refractivity contribution is 1.08. The maximum Gasteiger partial charge on any atom is 0.138 e. The molecule has 0 N–H and O–H groups in total. The summed E-state index contributed by atoms with van der Waals surface area (Å²) >= 11 is 1.88. The van der Waals surface area contributed by atoms with E-state index in [4.69, 9.17) is 4.98 Å². The van der Waals surface area contributed by atoms with E-state index in [0.717, 1.165) is 17.1 Å². The van der Waals surface area contributed by atoms with Crippen molar-refractivity contribution in [3.63, 3.8) is 0 Å². The second-order valence-electron chi connectivity index (χ2n) is 11.6. The molecule has 210 valence electrons. The largest absolute Gasteiger partial charge is 0.309 e. The molecule has 45 heavy (non-hydrogen) atoms. The van der Waals surface area contributed by atoms with Gasteiger partial charge in [-0.05, 0) is 54.6 Å². The molecule has 0 atom stereocenters. The Morgan fingerprint density at radius 2 is 1.11 bits per heavy atom. The molecule has 0 fully saturated rings. The van der Waals surface area contributed by atoms with E-state index in [1.54, 1.807) is 0 Å². The highest BCUT2D eigenvalue weighted by atomic mass is 32.1. The van der Waals surface area contributed by atoms with E-state index in [2.05, 4.69) is 155 Å². The minimum absolute atomic E-state index is 0.927. The molecule has 4 aromatic heterocycles. The number of hydrogen-bond acceptors (Lipinski definition) is 2. The molecule has 0 aliphatic heterocycles. The van der Waals surface area contributed by atoms with Gasteiger partial charge in [-0.2, -0.15) is 0 Å². The predicted octanol–water partition coefficient (Wildman–Crippen LogP) is 11.3. The van der Waals surface area contributed by atoms with Crippen LogP contribution in [0, 0.1) is 0 Å². The lowest BCUT2D eigenvalue weighted by Crippen LogP contribution is -1.98. The van der Waals surface area contributed by atoms with Crippen LogP contribution in [0.25, 0.3) is 86.5 Å². The maximum atomic E-state index is 5.16. The van der Waals surface area contributed by atoms with Gasteiger partial charge in [0, 0.05) is 53.0 Å². The summed E-state index contributed by atoms with van der Waals surface area (Å²) < 4.78 is 7.34. The lowest BCUT2D eigenvalue weighted by atomic mass is 10.1. The number of rotatable bonds is 3. The zero-order valence-corrected chi connectivity index (χ0v) is 25.0. The minimum atomic E-state index is 0.927. The molecule has 0 bridgehead atoms. The van der Waals surface area contributed by atoms with Crippen molar-refractivity contribution in [2.24, 2.45) is 0 Å². The predicted molar refractivity (Wildman–Crippen MR) is 191 cm³/mol. The molecule has 4 heterocycles. The van der Waals surface area contributed by atoms with Gasteiger partial charge in [-0.15, -0.1) is 11.3 Å². The zero-order valence-electron chi connectivity index (χ0n) is 24.2. The first kappa shape index (κ1) is 24.7. The summed E-state index contributed by atoms with van der Waals surface area (Å²) in [5, 5.41) is 7.68. The standard InChI is InChI=1S/C41H25N3S/c1-2-11-26(12-3-1)33-16-10-20-39(42-33)44-36-19-9-6-15-31(36)40-37(44)23-22-30-32-25-27(21-24-38(32)45-41(30)40)43-34-17-7-4-13-28(34)29-14-5-8-18-35(29)43/h1-25H. The van der Waals surface area contributed by atoms with E-state index in [1.165, 1.54) is 69.5 Å². The van der Waals surface area contributed by atoms with E-state index in [9.17, 15) is 0 Å². The number of aromatic nitrogens is 3. The Kier molecular flexibility index (Phi) is 5.16. The summed E-state index contributed by atoms with van der Waals surface area (Å²) in [6.45, 7) is 0. The van der Waals surface area contributed by atoms with Gasteiger partial charge in [-0.3, -0.25) is 4.57 Å². The summed E-state index contributed by atoms with van der Waals surface area (Å²) in [7, 11) is 0. The third-order valence-corrected chi connectivity index (χ3v) is 10.3. The van der Waals surface area contributed by atoms with Crippen molar-refractivity contribution >= 4 is 75.1 Å². The van der Waals surface area contributed by atoms with E-state index in [-0.39, 0.29) is 0 Å². The van der Waals surface area contributed by atoms with Crippen molar-refractivity contribution in [3.05, 3.63) is 152 Å². The van der Waals surface area contributed by atoms with Crippen LogP contribution in [0.5, 0.6) is 0 Å². The van der Waals surface area contributed by atoms with Crippen LogP contribution in [-0.2, 0) is 0 Å². The summed E-state index contributed by atoms with van der Waals surface area (Å²) in [5.74, 6) is 0.927. The van der Waals surface area contributed by atoms with Gasteiger partial charge in [0.15, 0.2) is 0 Å². The van der Waals surface area contributed by atoms with Crippen LogP contribution in [0.3, 0.4) is 0 Å². The molecule has 0 amide bonds. The van der Waals surface area contributed by atoms with Crippen molar-refractivity contribution in [2.45, 2.75) is 0 Å². The van der Waals surface area contributed by atoms with Crippen LogP contribution >= 0.6 is 11.3 Å². The minimum Gasteiger partial charge on any atom is -0.309 e. The third-order valence-electron chi connectivity index (χ3n) is 9.13. The molecule has 0 aliphatic rings. The zero-order chi connectivity index (χ0) is 29.5. The van der Waals surface area contributed by atoms with Crippen LogP contribution in [0.4, 0.5) is 0 Å². The molecule has 6 aromatic carbocycles. The van der Waals surface area contributed by atoms with E-state index < -0.39 is 0 Å². The smallest absolute Gasteiger partial charge is 0.138 e. The van der Waals surface area contributed by atoms with Crippen LogP contribution in [-0.4, -0.2) is 14.1 Å². The van der Waals surface area contributed by atoms with Crippen LogP contribution in [0.2, 0.25) is 0 Å². The van der Waals surface area contributed by atoms with Crippen LogP contribution < -0.4 is 0 Å². The van der Waals surface area contributed by atoms with E-state index >= 15 is 0 Å². The van der Waals surface area contributed by atoms with Gasteiger partial charge in [-0.1, -0.05) is 97.1 Å². The summed E-state index contributed by atoms with van der Waals surface area (Å²) in [5.41, 5.74) is 8.08. The van der Waals surface area contributed by atoms with Crippen molar-refractivity contribution in [1.82, 2.24) is 14.1 Å². The van der Waals surface area contributed by atoms with Gasteiger partial charge in [-0.25, -0.2) is 4.98 Å². The van der Waals surface area contributed by atoms with Gasteiger partial charge < -0.3 is 4.57 Å². The summed E-state index contributed by atoms with van der Waals surface area (Å²) in [6, 6.07) is 54.4. The number of pyridine rings is 1. The fraction of sp³-hybridized carbons (Fsp3) is 0. The average molecular weight is 592 g/mol. The highest BCUT2D eigenvalue weighted by Gasteiger charge is 2.19. The second kappa shape index (κ2) is 9.39. The van der Waals surface area contributed by atoms with Gasteiger partial charge in [0.2, 0.25) is 0 Å². The van der Waals surface area contributed by atoms with Crippen molar-refractivity contribution in [1.29, 1.82) is 0 Å². The molecule has 10 rings (SSSR count). The van der Waals surface area contributed by atoms with Gasteiger partial charge in [0.05, 0.1) is 27.8 Å². The van der Waals surface area contributed by atoms with Gasteiger partial charge >= 0.3 is 0 Å². The Labute approximate surface area is 262 Å². The molecular formula is C41H25N3S. The summed E-state index contributed by atoms with van der Waals surface area (Å²) in [4.78, 5) is 5.16. The molecule has 0 saturated carbocycles. The Morgan fingerprint density at radius 3 is 1.87 bits per heavy atom. The fourth-order valence-corrected chi connectivity index (χ4v) is 8.42. The Bertz CT molecular complexity index is 2710. The maximum absolute atomic E-state index is 5.16. The highest BCUT2D eigenvalue weighted by molar-refractivity contribution is 7.26. The van der Waals surface area contributed by atoms with Crippen LogP contribution in [0.1, 0.15) is 0 Å². The van der Waals surface area contributed by atoms with Crippen LogP contribution in [0.15, 0.2) is 152 Å². The van der Waals surface area contributed by atoms with Crippen molar-refractivity contribution in [3.8, 4) is 22.8 Å². The molecule has 0 aliphatic carbocycles. The Balaban J connectivity index is 1.23. The molecule has 0 saturated heterocycles. The summed E-state index contributed by atoms with van der Waals surface area (Å²) in [6.07, 6.45) is 0. The first-order valence-corrected chi connectivity index (χ1v) is 16.0. The normalized spacial score (nSPS) is 12.0. The first-order chi connectivity index (χ1) is 22.3. The molecular weight excluding hydrogens is 567 g/mol. The first-order valence-electron chi connectivity index (χ1n) is 15.2. The average Bonchev–Trinajstić information content (AvgIpc) is 3.76. The van der Waals surface area contributed by atoms with Crippen molar-refractivity contribution < 1.29 is 0 Å². The second-order valence-corrected chi connectivity index (χ2v) is 12.6. The van der Waals surface area contributed by atoms with E-state index in [0.29, 0.717) is 0 Å². The number of nitrogens with zero attached hydrogens (tertiary/aromatic N) is 3. The number of fused-ring (bicyclic) bond motifs is 10. The number of hydrogen-bond donors (Lipinski definition) is 0. The Hall–Kier alpha value is -5.71.